The largest absolute Gasteiger partial charge is 0.304 e. The molecule has 0 amide bonds. The monoisotopic (exact) mass is 266 g/mol. The normalized spacial score (nSPS) is 32.2. The van der Waals surface area contributed by atoms with Crippen molar-refractivity contribution in [2.75, 3.05) is 33.2 Å². The lowest BCUT2D eigenvalue weighted by molar-refractivity contribution is 0.111. The maximum Gasteiger partial charge on any atom is 0.0113 e. The molecule has 0 aromatic rings. The smallest absolute Gasteiger partial charge is 0.0113 e. The molecule has 2 aliphatic rings. The minimum atomic E-state index is 0.810. The molecule has 4 atom stereocenters. The summed E-state index contributed by atoms with van der Waals surface area (Å²) < 4.78 is 0. The third kappa shape index (κ3) is 4.75. The summed E-state index contributed by atoms with van der Waals surface area (Å²) in [6.45, 7) is 12.3. The highest BCUT2D eigenvalue weighted by Crippen LogP contribution is 2.47. The molecule has 0 radical (unpaired) electrons. The summed E-state index contributed by atoms with van der Waals surface area (Å²) in [7, 11) is 2.24. The first-order valence-corrected chi connectivity index (χ1v) is 8.52. The van der Waals surface area contributed by atoms with E-state index in [0.29, 0.717) is 0 Å². The van der Waals surface area contributed by atoms with Crippen molar-refractivity contribution in [1.82, 2.24) is 9.80 Å². The Hall–Kier alpha value is -0.0800. The summed E-state index contributed by atoms with van der Waals surface area (Å²) in [6.07, 6.45) is 7.25. The van der Waals surface area contributed by atoms with Crippen LogP contribution in [-0.2, 0) is 0 Å². The minimum absolute atomic E-state index is 0.810. The zero-order chi connectivity index (χ0) is 13.8. The SMILES string of the molecule is CCCC(C)CC1CC1CC(C)N1CCN(C)CC1. The van der Waals surface area contributed by atoms with E-state index in [1.807, 2.05) is 0 Å². The Morgan fingerprint density at radius 1 is 1.00 bits per heavy atom. The van der Waals surface area contributed by atoms with Gasteiger partial charge in [0.1, 0.15) is 0 Å². The van der Waals surface area contributed by atoms with Crippen LogP contribution in [0, 0.1) is 17.8 Å². The average molecular weight is 266 g/mol. The molecule has 0 aromatic heterocycles. The Morgan fingerprint density at radius 3 is 2.26 bits per heavy atom. The summed E-state index contributed by atoms with van der Waals surface area (Å²) in [6, 6.07) is 0.810. The van der Waals surface area contributed by atoms with E-state index in [1.165, 1.54) is 58.3 Å². The van der Waals surface area contributed by atoms with E-state index in [4.69, 9.17) is 0 Å². The van der Waals surface area contributed by atoms with Crippen molar-refractivity contribution in [2.24, 2.45) is 17.8 Å². The first kappa shape index (κ1) is 15.3. The molecule has 2 rings (SSSR count). The van der Waals surface area contributed by atoms with Crippen molar-refractivity contribution in [1.29, 1.82) is 0 Å². The molecule has 112 valence electrons. The van der Waals surface area contributed by atoms with Crippen molar-refractivity contribution in [3.63, 3.8) is 0 Å². The lowest BCUT2D eigenvalue weighted by atomic mass is 9.97. The first-order chi connectivity index (χ1) is 9.10. The first-order valence-electron chi connectivity index (χ1n) is 8.52. The Labute approximate surface area is 120 Å². The highest BCUT2D eigenvalue weighted by Gasteiger charge is 2.39. The van der Waals surface area contributed by atoms with E-state index in [9.17, 15) is 0 Å². The molecule has 2 heteroatoms. The van der Waals surface area contributed by atoms with Gasteiger partial charge in [0.05, 0.1) is 0 Å². The van der Waals surface area contributed by atoms with Crippen molar-refractivity contribution in [2.45, 2.75) is 58.9 Å². The number of rotatable bonds is 7. The third-order valence-corrected chi connectivity index (χ3v) is 5.36. The van der Waals surface area contributed by atoms with Crippen LogP contribution in [0.2, 0.25) is 0 Å². The lowest BCUT2D eigenvalue weighted by Crippen LogP contribution is -2.48. The van der Waals surface area contributed by atoms with E-state index < -0.39 is 0 Å². The molecule has 0 spiro atoms. The van der Waals surface area contributed by atoms with E-state index in [1.54, 1.807) is 0 Å². The van der Waals surface area contributed by atoms with Crippen LogP contribution in [0.1, 0.15) is 52.9 Å². The highest BCUT2D eigenvalue weighted by molar-refractivity contribution is 4.90. The van der Waals surface area contributed by atoms with Crippen LogP contribution in [0.5, 0.6) is 0 Å². The van der Waals surface area contributed by atoms with Crippen molar-refractivity contribution in [3.05, 3.63) is 0 Å². The molecular weight excluding hydrogens is 232 g/mol. The molecule has 2 fully saturated rings. The van der Waals surface area contributed by atoms with Gasteiger partial charge in [-0.05, 0) is 51.0 Å². The Balaban J connectivity index is 1.63. The van der Waals surface area contributed by atoms with Gasteiger partial charge in [0, 0.05) is 32.2 Å². The summed E-state index contributed by atoms with van der Waals surface area (Å²) >= 11 is 0. The predicted molar refractivity (Wildman–Crippen MR) is 83.4 cm³/mol. The van der Waals surface area contributed by atoms with Crippen LogP contribution in [-0.4, -0.2) is 49.1 Å². The number of piperazine rings is 1. The number of hydrogen-bond acceptors (Lipinski definition) is 2. The van der Waals surface area contributed by atoms with Gasteiger partial charge in [0.15, 0.2) is 0 Å². The fourth-order valence-corrected chi connectivity index (χ4v) is 3.87. The number of nitrogens with zero attached hydrogens (tertiary/aromatic N) is 2. The molecule has 0 aromatic carbocycles. The molecule has 19 heavy (non-hydrogen) atoms. The van der Waals surface area contributed by atoms with Crippen molar-refractivity contribution < 1.29 is 0 Å². The van der Waals surface area contributed by atoms with Gasteiger partial charge in [0.2, 0.25) is 0 Å². The van der Waals surface area contributed by atoms with Crippen LogP contribution in [0.25, 0.3) is 0 Å². The highest BCUT2D eigenvalue weighted by atomic mass is 15.3. The molecule has 1 aliphatic heterocycles. The fraction of sp³-hybridized carbons (Fsp3) is 1.00. The molecular formula is C17H34N2. The van der Waals surface area contributed by atoms with E-state index in [0.717, 1.165) is 23.8 Å². The molecule has 1 saturated heterocycles. The zero-order valence-electron chi connectivity index (χ0n) is 13.6. The second kappa shape index (κ2) is 7.08. The summed E-state index contributed by atoms with van der Waals surface area (Å²) in [4.78, 5) is 5.17. The predicted octanol–water partition coefficient (Wildman–Crippen LogP) is 3.47. The maximum atomic E-state index is 2.71. The third-order valence-electron chi connectivity index (χ3n) is 5.36. The van der Waals surface area contributed by atoms with Gasteiger partial charge in [0.25, 0.3) is 0 Å². The van der Waals surface area contributed by atoms with Gasteiger partial charge in [-0.15, -0.1) is 0 Å². The van der Waals surface area contributed by atoms with Crippen LogP contribution >= 0.6 is 0 Å². The van der Waals surface area contributed by atoms with Gasteiger partial charge in [-0.1, -0.05) is 26.7 Å². The van der Waals surface area contributed by atoms with Gasteiger partial charge in [-0.3, -0.25) is 4.90 Å². The van der Waals surface area contributed by atoms with Gasteiger partial charge in [-0.2, -0.15) is 0 Å². The van der Waals surface area contributed by atoms with Crippen LogP contribution in [0.3, 0.4) is 0 Å². The number of likely N-dealkylation sites (N-methyl/N-ethyl adjacent to an activating group) is 1. The standard InChI is InChI=1S/C17H34N2/c1-5-6-14(2)11-16-13-17(16)12-15(3)19-9-7-18(4)8-10-19/h14-17H,5-13H2,1-4H3. The Kier molecular flexibility index (Phi) is 5.70. The Morgan fingerprint density at radius 2 is 1.63 bits per heavy atom. The van der Waals surface area contributed by atoms with Crippen molar-refractivity contribution in [3.8, 4) is 0 Å². The minimum Gasteiger partial charge on any atom is -0.304 e. The second-order valence-electron chi connectivity index (χ2n) is 7.31. The summed E-state index contributed by atoms with van der Waals surface area (Å²) in [5.74, 6) is 3.07. The van der Waals surface area contributed by atoms with Gasteiger partial charge < -0.3 is 4.90 Å². The average Bonchev–Trinajstić information content (AvgIpc) is 3.08. The second-order valence-corrected chi connectivity index (χ2v) is 7.31. The molecule has 4 unspecified atom stereocenters. The van der Waals surface area contributed by atoms with Crippen LogP contribution < -0.4 is 0 Å². The van der Waals surface area contributed by atoms with Gasteiger partial charge >= 0.3 is 0 Å². The molecule has 2 nitrogen and oxygen atoms in total. The quantitative estimate of drug-likeness (QED) is 0.696. The molecule has 0 bridgehead atoms. The van der Waals surface area contributed by atoms with Crippen molar-refractivity contribution >= 4 is 0 Å². The lowest BCUT2D eigenvalue weighted by Gasteiger charge is -2.36. The fourth-order valence-electron chi connectivity index (χ4n) is 3.87. The molecule has 1 heterocycles. The van der Waals surface area contributed by atoms with E-state index in [2.05, 4.69) is 37.6 Å². The molecule has 1 aliphatic carbocycles. The summed E-state index contributed by atoms with van der Waals surface area (Å²) in [5, 5.41) is 0. The van der Waals surface area contributed by atoms with Gasteiger partial charge in [-0.25, -0.2) is 0 Å². The van der Waals surface area contributed by atoms with Crippen LogP contribution in [0.4, 0.5) is 0 Å². The molecule has 1 saturated carbocycles. The molecule has 0 N–H and O–H groups in total. The van der Waals surface area contributed by atoms with E-state index in [-0.39, 0.29) is 0 Å². The zero-order valence-corrected chi connectivity index (χ0v) is 13.6. The number of hydrogen-bond donors (Lipinski definition) is 0. The van der Waals surface area contributed by atoms with E-state index >= 15 is 0 Å². The Bertz CT molecular complexity index is 258. The summed E-state index contributed by atoms with van der Waals surface area (Å²) in [5.41, 5.74) is 0. The van der Waals surface area contributed by atoms with Crippen LogP contribution in [0.15, 0.2) is 0 Å². The maximum absolute atomic E-state index is 2.71. The topological polar surface area (TPSA) is 6.48 Å².